The second kappa shape index (κ2) is 6.12. The third-order valence-corrected chi connectivity index (χ3v) is 4.18. The molecule has 0 unspecified atom stereocenters. The molecule has 3 rings (SSSR count). The maximum Gasteiger partial charge on any atom is 0.229 e. The van der Waals surface area contributed by atoms with Gasteiger partial charge in [-0.3, -0.25) is 9.88 Å². The van der Waals surface area contributed by atoms with Gasteiger partial charge in [0.15, 0.2) is 5.82 Å². The summed E-state index contributed by atoms with van der Waals surface area (Å²) < 4.78 is 5.34. The molecular formula is C15H19ClN4O. The standard InChI is InChI=1S/C15H19ClN4O/c1-10(2)15-18-14(19-21-15)13-4-3-7-20(13)9-11-5-6-17-8-12(11)16/h5-6,8,10,13H,3-4,7,9H2,1-2H3/t13-/m0/s1. The van der Waals surface area contributed by atoms with Crippen LogP contribution < -0.4 is 0 Å². The van der Waals surface area contributed by atoms with E-state index in [0.29, 0.717) is 10.9 Å². The highest BCUT2D eigenvalue weighted by Gasteiger charge is 2.30. The molecule has 3 heterocycles. The molecule has 21 heavy (non-hydrogen) atoms. The van der Waals surface area contributed by atoms with E-state index in [9.17, 15) is 0 Å². The Morgan fingerprint density at radius 1 is 1.48 bits per heavy atom. The third kappa shape index (κ3) is 3.09. The molecule has 0 saturated carbocycles. The summed E-state index contributed by atoms with van der Waals surface area (Å²) in [5.41, 5.74) is 1.09. The molecule has 5 nitrogen and oxygen atoms in total. The predicted octanol–water partition coefficient (Wildman–Crippen LogP) is 3.58. The maximum atomic E-state index is 6.20. The van der Waals surface area contributed by atoms with Crippen LogP contribution in [0, 0.1) is 0 Å². The average Bonchev–Trinajstić information content (AvgIpc) is 3.09. The molecule has 0 spiro atoms. The van der Waals surface area contributed by atoms with Crippen LogP contribution in [-0.4, -0.2) is 26.6 Å². The Labute approximate surface area is 129 Å². The lowest BCUT2D eigenvalue weighted by Crippen LogP contribution is -2.23. The highest BCUT2D eigenvalue weighted by molar-refractivity contribution is 6.31. The molecule has 6 heteroatoms. The van der Waals surface area contributed by atoms with E-state index in [1.807, 2.05) is 6.07 Å². The molecule has 0 amide bonds. The summed E-state index contributed by atoms with van der Waals surface area (Å²) in [4.78, 5) is 10.9. The highest BCUT2D eigenvalue weighted by Crippen LogP contribution is 2.33. The van der Waals surface area contributed by atoms with Crippen LogP contribution >= 0.6 is 11.6 Å². The monoisotopic (exact) mass is 306 g/mol. The fraction of sp³-hybridized carbons (Fsp3) is 0.533. The summed E-state index contributed by atoms with van der Waals surface area (Å²) in [5, 5.41) is 4.87. The highest BCUT2D eigenvalue weighted by atomic mass is 35.5. The summed E-state index contributed by atoms with van der Waals surface area (Å²) in [5.74, 6) is 1.76. The van der Waals surface area contributed by atoms with Crippen LogP contribution in [0.4, 0.5) is 0 Å². The van der Waals surface area contributed by atoms with Crippen molar-refractivity contribution in [2.24, 2.45) is 0 Å². The van der Waals surface area contributed by atoms with Crippen molar-refractivity contribution in [3.8, 4) is 0 Å². The fourth-order valence-electron chi connectivity index (χ4n) is 2.68. The van der Waals surface area contributed by atoms with Crippen LogP contribution in [0.25, 0.3) is 0 Å². The summed E-state index contributed by atoms with van der Waals surface area (Å²) >= 11 is 6.20. The predicted molar refractivity (Wildman–Crippen MR) is 80.0 cm³/mol. The van der Waals surface area contributed by atoms with Crippen molar-refractivity contribution < 1.29 is 4.52 Å². The fourth-order valence-corrected chi connectivity index (χ4v) is 2.86. The van der Waals surface area contributed by atoms with E-state index >= 15 is 0 Å². The van der Waals surface area contributed by atoms with E-state index in [-0.39, 0.29) is 12.0 Å². The smallest absolute Gasteiger partial charge is 0.229 e. The van der Waals surface area contributed by atoms with Crippen LogP contribution in [0.5, 0.6) is 0 Å². The SMILES string of the molecule is CC(C)c1nc([C@@H]2CCCN2Cc2ccncc2Cl)no1. The number of pyridine rings is 1. The zero-order chi connectivity index (χ0) is 14.8. The lowest BCUT2D eigenvalue weighted by molar-refractivity contribution is 0.234. The molecule has 0 aromatic carbocycles. The van der Waals surface area contributed by atoms with Crippen LogP contribution in [0.1, 0.15) is 55.9 Å². The van der Waals surface area contributed by atoms with Gasteiger partial charge in [0.25, 0.3) is 0 Å². The second-order valence-corrected chi connectivity index (χ2v) is 6.15. The first-order valence-electron chi connectivity index (χ1n) is 7.31. The molecule has 2 aromatic rings. The number of aromatic nitrogens is 3. The molecule has 0 bridgehead atoms. The first-order chi connectivity index (χ1) is 10.1. The topological polar surface area (TPSA) is 55.1 Å². The van der Waals surface area contributed by atoms with Gasteiger partial charge in [0.1, 0.15) is 0 Å². The first-order valence-corrected chi connectivity index (χ1v) is 7.69. The van der Waals surface area contributed by atoms with Gasteiger partial charge in [0.2, 0.25) is 5.89 Å². The molecule has 1 saturated heterocycles. The van der Waals surface area contributed by atoms with Gasteiger partial charge in [0.05, 0.1) is 11.1 Å². The number of rotatable bonds is 4. The molecular weight excluding hydrogens is 288 g/mol. The largest absolute Gasteiger partial charge is 0.339 e. The number of hydrogen-bond acceptors (Lipinski definition) is 5. The van der Waals surface area contributed by atoms with Gasteiger partial charge in [0, 0.05) is 24.9 Å². The molecule has 112 valence electrons. The van der Waals surface area contributed by atoms with Gasteiger partial charge in [-0.05, 0) is 31.0 Å². The van der Waals surface area contributed by atoms with Crippen LogP contribution in [0.3, 0.4) is 0 Å². The Balaban J connectivity index is 1.77. The third-order valence-electron chi connectivity index (χ3n) is 3.84. The average molecular weight is 307 g/mol. The minimum atomic E-state index is 0.213. The second-order valence-electron chi connectivity index (χ2n) is 5.74. The molecule has 0 radical (unpaired) electrons. The van der Waals surface area contributed by atoms with Gasteiger partial charge >= 0.3 is 0 Å². The van der Waals surface area contributed by atoms with Crippen molar-refractivity contribution in [3.05, 3.63) is 40.8 Å². The molecule has 1 fully saturated rings. The maximum absolute atomic E-state index is 6.20. The number of hydrogen-bond donors (Lipinski definition) is 0. The normalized spacial score (nSPS) is 19.5. The van der Waals surface area contributed by atoms with E-state index in [4.69, 9.17) is 16.1 Å². The molecule has 2 aromatic heterocycles. The zero-order valence-electron chi connectivity index (χ0n) is 12.3. The molecule has 0 aliphatic carbocycles. The number of likely N-dealkylation sites (tertiary alicyclic amines) is 1. The quantitative estimate of drug-likeness (QED) is 0.864. The van der Waals surface area contributed by atoms with E-state index in [1.54, 1.807) is 12.4 Å². The van der Waals surface area contributed by atoms with Gasteiger partial charge in [-0.1, -0.05) is 30.6 Å². The van der Waals surface area contributed by atoms with Crippen LogP contribution in [0.15, 0.2) is 23.0 Å². The summed E-state index contributed by atoms with van der Waals surface area (Å²) in [7, 11) is 0. The molecule has 1 aliphatic rings. The van der Waals surface area contributed by atoms with Crippen molar-refractivity contribution in [3.63, 3.8) is 0 Å². The lowest BCUT2D eigenvalue weighted by atomic mass is 10.2. The van der Waals surface area contributed by atoms with Crippen LogP contribution in [0.2, 0.25) is 5.02 Å². The van der Waals surface area contributed by atoms with Gasteiger partial charge < -0.3 is 4.52 Å². The van der Waals surface area contributed by atoms with E-state index in [0.717, 1.165) is 37.3 Å². The Hall–Kier alpha value is -1.46. The minimum absolute atomic E-state index is 0.213. The van der Waals surface area contributed by atoms with Gasteiger partial charge in [-0.25, -0.2) is 0 Å². The Kier molecular flexibility index (Phi) is 4.22. The first kappa shape index (κ1) is 14.5. The van der Waals surface area contributed by atoms with Crippen molar-refractivity contribution in [1.82, 2.24) is 20.0 Å². The van der Waals surface area contributed by atoms with E-state index in [2.05, 4.69) is 33.9 Å². The molecule has 0 N–H and O–H groups in total. The lowest BCUT2D eigenvalue weighted by Gasteiger charge is -2.22. The van der Waals surface area contributed by atoms with Crippen molar-refractivity contribution >= 4 is 11.6 Å². The van der Waals surface area contributed by atoms with Crippen LogP contribution in [-0.2, 0) is 6.54 Å². The molecule has 1 atom stereocenters. The zero-order valence-corrected chi connectivity index (χ0v) is 13.0. The summed E-state index contributed by atoms with van der Waals surface area (Å²) in [6.45, 7) is 5.92. The number of halogens is 1. The van der Waals surface area contributed by atoms with Crippen molar-refractivity contribution in [2.45, 2.75) is 45.2 Å². The van der Waals surface area contributed by atoms with Gasteiger partial charge in [-0.2, -0.15) is 4.98 Å². The Morgan fingerprint density at radius 3 is 3.05 bits per heavy atom. The Morgan fingerprint density at radius 2 is 2.33 bits per heavy atom. The van der Waals surface area contributed by atoms with Gasteiger partial charge in [-0.15, -0.1) is 0 Å². The van der Waals surface area contributed by atoms with E-state index in [1.165, 1.54) is 0 Å². The number of nitrogens with zero attached hydrogens (tertiary/aromatic N) is 4. The minimum Gasteiger partial charge on any atom is -0.339 e. The molecule has 1 aliphatic heterocycles. The Bertz CT molecular complexity index is 613. The van der Waals surface area contributed by atoms with Crippen molar-refractivity contribution in [1.29, 1.82) is 0 Å². The van der Waals surface area contributed by atoms with E-state index < -0.39 is 0 Å². The summed E-state index contributed by atoms with van der Waals surface area (Å²) in [6.07, 6.45) is 5.66. The van der Waals surface area contributed by atoms with Crippen molar-refractivity contribution in [2.75, 3.05) is 6.54 Å². The summed E-state index contributed by atoms with van der Waals surface area (Å²) in [6, 6.07) is 2.18.